The summed E-state index contributed by atoms with van der Waals surface area (Å²) < 4.78 is 1.61. The van der Waals surface area contributed by atoms with E-state index in [-0.39, 0.29) is 22.5 Å². The van der Waals surface area contributed by atoms with E-state index in [0.29, 0.717) is 33.7 Å². The molecule has 12 heteroatoms. The summed E-state index contributed by atoms with van der Waals surface area (Å²) in [4.78, 5) is 28.0. The Kier molecular flexibility index (Phi) is 6.22. The second-order valence-electron chi connectivity index (χ2n) is 5.23. The molecule has 140 valence electrons. The smallest absolute Gasteiger partial charge is 0.270 e. The number of aromatic amines is 1. The lowest BCUT2D eigenvalue weighted by Crippen LogP contribution is -2.25. The van der Waals surface area contributed by atoms with Gasteiger partial charge in [-0.25, -0.2) is 9.66 Å². The van der Waals surface area contributed by atoms with Gasteiger partial charge >= 0.3 is 0 Å². The van der Waals surface area contributed by atoms with E-state index in [4.69, 9.17) is 35.4 Å². The highest BCUT2D eigenvalue weighted by atomic mass is 35.5. The molecule has 8 nitrogen and oxygen atoms in total. The van der Waals surface area contributed by atoms with E-state index < -0.39 is 0 Å². The highest BCUT2D eigenvalue weighted by molar-refractivity contribution is 7.71. The van der Waals surface area contributed by atoms with Crippen LogP contribution >= 0.6 is 46.8 Å². The molecule has 2 amide bonds. The third-order valence-electron chi connectivity index (χ3n) is 3.32. The standard InChI is InChI=1S/C15H12Cl2N6O2S2/c16-6-12(24)19-14-18-10(7-27-14)5-11-20-21-15(26)23(11)22-13(25)8-1-3-9(17)4-2-8/h1-4,7H,5-6H2,(H,21,26)(H,22,25)(H,18,19,24). The molecule has 0 spiro atoms. The number of aromatic nitrogens is 4. The van der Waals surface area contributed by atoms with Crippen molar-refractivity contribution in [3.63, 3.8) is 0 Å². The van der Waals surface area contributed by atoms with Gasteiger partial charge in [-0.15, -0.1) is 22.9 Å². The zero-order valence-corrected chi connectivity index (χ0v) is 16.7. The fourth-order valence-electron chi connectivity index (χ4n) is 2.09. The minimum Gasteiger partial charge on any atom is -0.301 e. The molecule has 0 saturated carbocycles. The minimum absolute atomic E-state index is 0.148. The summed E-state index contributed by atoms with van der Waals surface area (Å²) in [6.45, 7) is 0. The number of hydrogen-bond acceptors (Lipinski definition) is 6. The van der Waals surface area contributed by atoms with Crippen LogP contribution in [-0.4, -0.2) is 37.6 Å². The van der Waals surface area contributed by atoms with E-state index >= 15 is 0 Å². The van der Waals surface area contributed by atoms with Crippen LogP contribution in [0.15, 0.2) is 29.6 Å². The third kappa shape index (κ3) is 4.92. The molecule has 0 aliphatic carbocycles. The van der Waals surface area contributed by atoms with E-state index in [1.54, 1.807) is 29.6 Å². The summed E-state index contributed by atoms with van der Waals surface area (Å²) in [5, 5.41) is 12.1. The molecule has 0 aliphatic heterocycles. The van der Waals surface area contributed by atoms with Gasteiger partial charge in [-0.1, -0.05) is 11.6 Å². The number of nitrogens with zero attached hydrogens (tertiary/aromatic N) is 3. The van der Waals surface area contributed by atoms with Gasteiger partial charge in [0.15, 0.2) is 11.0 Å². The molecule has 0 radical (unpaired) electrons. The van der Waals surface area contributed by atoms with Gasteiger partial charge in [-0.2, -0.15) is 5.10 Å². The molecule has 3 aromatic rings. The first-order valence-electron chi connectivity index (χ1n) is 7.49. The van der Waals surface area contributed by atoms with E-state index in [0.717, 1.165) is 0 Å². The number of benzene rings is 1. The highest BCUT2D eigenvalue weighted by Gasteiger charge is 2.14. The van der Waals surface area contributed by atoms with Gasteiger partial charge in [-0.05, 0) is 36.5 Å². The molecule has 0 saturated heterocycles. The van der Waals surface area contributed by atoms with Crippen molar-refractivity contribution >= 4 is 63.7 Å². The maximum atomic E-state index is 12.4. The van der Waals surface area contributed by atoms with Gasteiger partial charge in [0.2, 0.25) is 10.7 Å². The van der Waals surface area contributed by atoms with Crippen molar-refractivity contribution in [2.75, 3.05) is 16.6 Å². The molecule has 0 atom stereocenters. The van der Waals surface area contributed by atoms with Crippen LogP contribution < -0.4 is 10.7 Å². The van der Waals surface area contributed by atoms with E-state index in [1.807, 2.05) is 0 Å². The van der Waals surface area contributed by atoms with Crippen LogP contribution in [0.2, 0.25) is 5.02 Å². The molecule has 27 heavy (non-hydrogen) atoms. The number of carbonyl (C=O) groups is 2. The summed E-state index contributed by atoms with van der Waals surface area (Å²) >= 11 is 17.7. The lowest BCUT2D eigenvalue weighted by Gasteiger charge is -2.08. The molecule has 0 bridgehead atoms. The van der Waals surface area contributed by atoms with Gasteiger partial charge in [0.05, 0.1) is 12.1 Å². The molecule has 0 unspecified atom stereocenters. The molecule has 0 fully saturated rings. The average Bonchev–Trinajstić information content (AvgIpc) is 3.23. The first kappa shape index (κ1) is 19.5. The maximum Gasteiger partial charge on any atom is 0.270 e. The molecular formula is C15H12Cl2N6O2S2. The molecule has 3 N–H and O–H groups in total. The first-order valence-corrected chi connectivity index (χ1v) is 9.69. The van der Waals surface area contributed by atoms with Gasteiger partial charge in [-0.3, -0.25) is 20.1 Å². The number of nitrogens with one attached hydrogen (secondary N) is 3. The van der Waals surface area contributed by atoms with Crippen molar-refractivity contribution in [2.24, 2.45) is 0 Å². The van der Waals surface area contributed by atoms with Crippen molar-refractivity contribution in [3.05, 3.63) is 56.5 Å². The Hall–Kier alpha value is -2.27. The van der Waals surface area contributed by atoms with Gasteiger partial charge < -0.3 is 5.32 Å². The van der Waals surface area contributed by atoms with E-state index in [2.05, 4.69) is 25.9 Å². The lowest BCUT2D eigenvalue weighted by atomic mass is 10.2. The summed E-state index contributed by atoms with van der Waals surface area (Å²) in [6.07, 6.45) is 0.293. The fraction of sp³-hybridized carbons (Fsp3) is 0.133. The summed E-state index contributed by atoms with van der Waals surface area (Å²) in [7, 11) is 0. The zero-order valence-electron chi connectivity index (χ0n) is 13.5. The number of thiazole rings is 1. The number of hydrogen-bond donors (Lipinski definition) is 3. The third-order valence-corrected chi connectivity index (χ3v) is 4.90. The fourth-order valence-corrected chi connectivity index (χ4v) is 3.21. The minimum atomic E-state index is -0.362. The van der Waals surface area contributed by atoms with Crippen LogP contribution in [-0.2, 0) is 11.2 Å². The molecule has 2 aromatic heterocycles. The molecule has 3 rings (SSSR count). The van der Waals surface area contributed by atoms with Crippen molar-refractivity contribution in [1.29, 1.82) is 0 Å². The Bertz CT molecular complexity index is 1030. The van der Waals surface area contributed by atoms with Gasteiger partial charge in [0.25, 0.3) is 5.91 Å². The second-order valence-corrected chi connectivity index (χ2v) is 7.18. The van der Waals surface area contributed by atoms with Crippen LogP contribution in [0.4, 0.5) is 5.13 Å². The van der Waals surface area contributed by atoms with Crippen LogP contribution in [0.1, 0.15) is 21.9 Å². The number of rotatable bonds is 6. The molecule has 0 aliphatic rings. The molecule has 1 aromatic carbocycles. The van der Waals surface area contributed by atoms with Crippen molar-refractivity contribution < 1.29 is 9.59 Å². The number of halogens is 2. The van der Waals surface area contributed by atoms with E-state index in [9.17, 15) is 9.59 Å². The normalized spacial score (nSPS) is 10.6. The predicted molar refractivity (Wildman–Crippen MR) is 107 cm³/mol. The van der Waals surface area contributed by atoms with Crippen LogP contribution in [0.3, 0.4) is 0 Å². The van der Waals surface area contributed by atoms with Crippen molar-refractivity contribution in [2.45, 2.75) is 6.42 Å². The topological polar surface area (TPSA) is 105 Å². The maximum absolute atomic E-state index is 12.4. The summed E-state index contributed by atoms with van der Waals surface area (Å²) in [5.41, 5.74) is 3.77. The van der Waals surface area contributed by atoms with Crippen molar-refractivity contribution in [3.8, 4) is 0 Å². The monoisotopic (exact) mass is 442 g/mol. The second kappa shape index (κ2) is 8.61. The Morgan fingerprint density at radius 2 is 2.04 bits per heavy atom. The van der Waals surface area contributed by atoms with Gasteiger partial charge in [0, 0.05) is 16.0 Å². The van der Waals surface area contributed by atoms with Crippen LogP contribution in [0.25, 0.3) is 0 Å². The Morgan fingerprint density at radius 3 is 2.74 bits per heavy atom. The zero-order chi connectivity index (χ0) is 19.4. The number of amides is 2. The number of anilines is 1. The summed E-state index contributed by atoms with van der Waals surface area (Å²) in [5.74, 6) is -0.387. The SMILES string of the molecule is O=C(CCl)Nc1nc(Cc2n[nH]c(=S)n2NC(=O)c2ccc(Cl)cc2)cs1. The largest absolute Gasteiger partial charge is 0.301 e. The quantitative estimate of drug-likeness (QED) is 0.401. The summed E-state index contributed by atoms with van der Waals surface area (Å²) in [6, 6.07) is 6.45. The van der Waals surface area contributed by atoms with Crippen LogP contribution in [0.5, 0.6) is 0 Å². The van der Waals surface area contributed by atoms with E-state index in [1.165, 1.54) is 16.0 Å². The average molecular weight is 443 g/mol. The Balaban J connectivity index is 1.75. The first-order chi connectivity index (χ1) is 13.0. The Labute approximate surface area is 172 Å². The molecule has 2 heterocycles. The Morgan fingerprint density at radius 1 is 1.30 bits per heavy atom. The number of alkyl halides is 1. The predicted octanol–water partition coefficient (Wildman–Crippen LogP) is 3.20. The van der Waals surface area contributed by atoms with Gasteiger partial charge in [0.1, 0.15) is 5.88 Å². The van der Waals surface area contributed by atoms with Crippen LogP contribution in [0, 0.1) is 4.77 Å². The molecular weight excluding hydrogens is 431 g/mol. The van der Waals surface area contributed by atoms with Crippen molar-refractivity contribution in [1.82, 2.24) is 19.9 Å². The number of carbonyl (C=O) groups excluding carboxylic acids is 2. The lowest BCUT2D eigenvalue weighted by molar-refractivity contribution is -0.113. The highest BCUT2D eigenvalue weighted by Crippen LogP contribution is 2.18. The number of H-pyrrole nitrogens is 1.